The molecule has 6 heteroatoms. The van der Waals surface area contributed by atoms with Gasteiger partial charge in [0.2, 0.25) is 0 Å². The minimum atomic E-state index is -0.900. The molecule has 2 amide bonds. The monoisotopic (exact) mass is 305 g/mol. The third-order valence-corrected chi connectivity index (χ3v) is 3.76. The molecule has 0 bridgehead atoms. The summed E-state index contributed by atoms with van der Waals surface area (Å²) in [6.07, 6.45) is -0.0426. The van der Waals surface area contributed by atoms with Crippen molar-refractivity contribution in [1.82, 2.24) is 15.1 Å². The van der Waals surface area contributed by atoms with Crippen LogP contribution in [0.25, 0.3) is 0 Å². The van der Waals surface area contributed by atoms with Gasteiger partial charge in [-0.3, -0.25) is 9.69 Å². The number of aliphatic carboxylic acids is 1. The summed E-state index contributed by atoms with van der Waals surface area (Å²) in [4.78, 5) is 26.4. The molecule has 120 valence electrons. The molecular formula is C16H23N3O3. The Morgan fingerprint density at radius 1 is 1.23 bits per heavy atom. The zero-order chi connectivity index (χ0) is 15.9. The SMILES string of the molecule is Cc1cccc(CN2CCN(C(=O)NCCC(=O)O)CC2)c1. The number of piperazine rings is 1. The Balaban J connectivity index is 1.73. The van der Waals surface area contributed by atoms with Gasteiger partial charge in [-0.1, -0.05) is 29.8 Å². The molecule has 0 aliphatic carbocycles. The van der Waals surface area contributed by atoms with Crippen LogP contribution in [0.5, 0.6) is 0 Å². The van der Waals surface area contributed by atoms with Gasteiger partial charge < -0.3 is 15.3 Å². The Morgan fingerprint density at radius 3 is 2.59 bits per heavy atom. The molecule has 2 N–H and O–H groups in total. The van der Waals surface area contributed by atoms with Gasteiger partial charge in [0.15, 0.2) is 0 Å². The summed E-state index contributed by atoms with van der Waals surface area (Å²) in [5, 5.41) is 11.2. The lowest BCUT2D eigenvalue weighted by Crippen LogP contribution is -2.51. The third-order valence-electron chi connectivity index (χ3n) is 3.76. The predicted octanol–water partition coefficient (Wildman–Crippen LogP) is 1.30. The first kappa shape index (κ1) is 16.3. The first-order valence-electron chi connectivity index (χ1n) is 7.57. The number of hydrogen-bond acceptors (Lipinski definition) is 3. The van der Waals surface area contributed by atoms with E-state index in [0.717, 1.165) is 19.6 Å². The Hall–Kier alpha value is -2.08. The fourth-order valence-corrected chi connectivity index (χ4v) is 2.57. The highest BCUT2D eigenvalue weighted by molar-refractivity contribution is 5.75. The van der Waals surface area contributed by atoms with E-state index < -0.39 is 5.97 Å². The largest absolute Gasteiger partial charge is 0.481 e. The highest BCUT2D eigenvalue weighted by atomic mass is 16.4. The molecule has 22 heavy (non-hydrogen) atoms. The van der Waals surface area contributed by atoms with Gasteiger partial charge in [-0.15, -0.1) is 0 Å². The van der Waals surface area contributed by atoms with Crippen molar-refractivity contribution in [2.45, 2.75) is 19.9 Å². The normalized spacial score (nSPS) is 15.6. The molecule has 0 radical (unpaired) electrons. The number of urea groups is 1. The molecule has 0 aromatic heterocycles. The molecule has 0 spiro atoms. The molecule has 1 heterocycles. The van der Waals surface area contributed by atoms with Gasteiger partial charge in [-0.05, 0) is 12.5 Å². The second-order valence-corrected chi connectivity index (χ2v) is 5.63. The van der Waals surface area contributed by atoms with E-state index in [4.69, 9.17) is 5.11 Å². The van der Waals surface area contributed by atoms with Gasteiger partial charge in [0.1, 0.15) is 0 Å². The lowest BCUT2D eigenvalue weighted by molar-refractivity contribution is -0.136. The van der Waals surface area contributed by atoms with E-state index in [-0.39, 0.29) is 19.0 Å². The smallest absolute Gasteiger partial charge is 0.317 e. The van der Waals surface area contributed by atoms with Crippen LogP contribution in [-0.4, -0.2) is 59.6 Å². The number of carbonyl (C=O) groups is 2. The van der Waals surface area contributed by atoms with Crippen molar-refractivity contribution in [2.75, 3.05) is 32.7 Å². The fraction of sp³-hybridized carbons (Fsp3) is 0.500. The number of carboxylic acids is 1. The molecule has 1 aromatic rings. The van der Waals surface area contributed by atoms with Crippen LogP contribution in [0.3, 0.4) is 0 Å². The first-order valence-corrected chi connectivity index (χ1v) is 7.57. The van der Waals surface area contributed by atoms with Gasteiger partial charge in [0.05, 0.1) is 6.42 Å². The van der Waals surface area contributed by atoms with Crippen molar-refractivity contribution in [3.8, 4) is 0 Å². The number of rotatable bonds is 5. The Kier molecular flexibility index (Phi) is 5.77. The average molecular weight is 305 g/mol. The second kappa shape index (κ2) is 7.79. The van der Waals surface area contributed by atoms with Gasteiger partial charge in [0, 0.05) is 39.3 Å². The zero-order valence-corrected chi connectivity index (χ0v) is 12.9. The molecular weight excluding hydrogens is 282 g/mol. The maximum atomic E-state index is 11.9. The van der Waals surface area contributed by atoms with Crippen molar-refractivity contribution >= 4 is 12.0 Å². The number of carboxylic acid groups (broad SMARTS) is 1. The minimum absolute atomic E-state index is 0.0426. The molecule has 0 atom stereocenters. The number of amides is 2. The van der Waals surface area contributed by atoms with Gasteiger partial charge in [-0.25, -0.2) is 4.79 Å². The number of nitrogens with one attached hydrogen (secondary N) is 1. The van der Waals surface area contributed by atoms with Crippen LogP contribution in [0.15, 0.2) is 24.3 Å². The predicted molar refractivity (Wildman–Crippen MR) is 83.7 cm³/mol. The van der Waals surface area contributed by atoms with Crippen molar-refractivity contribution in [2.24, 2.45) is 0 Å². The van der Waals surface area contributed by atoms with E-state index in [1.807, 2.05) is 0 Å². The Bertz CT molecular complexity index is 525. The van der Waals surface area contributed by atoms with Crippen LogP contribution in [0, 0.1) is 6.92 Å². The van der Waals surface area contributed by atoms with Gasteiger partial charge >= 0.3 is 12.0 Å². The van der Waals surface area contributed by atoms with Crippen LogP contribution < -0.4 is 5.32 Å². The van der Waals surface area contributed by atoms with Crippen molar-refractivity contribution < 1.29 is 14.7 Å². The Morgan fingerprint density at radius 2 is 1.95 bits per heavy atom. The number of nitrogens with zero attached hydrogens (tertiary/aromatic N) is 2. The maximum absolute atomic E-state index is 11.9. The van der Waals surface area contributed by atoms with Gasteiger partial charge in [0.25, 0.3) is 0 Å². The minimum Gasteiger partial charge on any atom is -0.481 e. The number of aryl methyl sites for hydroxylation is 1. The number of benzene rings is 1. The molecule has 6 nitrogen and oxygen atoms in total. The molecule has 0 saturated carbocycles. The molecule has 1 aromatic carbocycles. The van der Waals surface area contributed by atoms with Crippen molar-refractivity contribution in [3.05, 3.63) is 35.4 Å². The lowest BCUT2D eigenvalue weighted by Gasteiger charge is -2.34. The van der Waals surface area contributed by atoms with E-state index in [2.05, 4.69) is 41.4 Å². The molecule has 1 fully saturated rings. The standard InChI is InChI=1S/C16H23N3O3/c1-13-3-2-4-14(11-13)12-18-7-9-19(10-8-18)16(22)17-6-5-15(20)21/h2-4,11H,5-10,12H2,1H3,(H,17,22)(H,20,21). The first-order chi connectivity index (χ1) is 10.5. The van der Waals surface area contributed by atoms with E-state index in [9.17, 15) is 9.59 Å². The fourth-order valence-electron chi connectivity index (χ4n) is 2.57. The zero-order valence-electron chi connectivity index (χ0n) is 12.9. The summed E-state index contributed by atoms with van der Waals surface area (Å²) < 4.78 is 0. The lowest BCUT2D eigenvalue weighted by atomic mass is 10.1. The third kappa shape index (κ3) is 5.04. The second-order valence-electron chi connectivity index (χ2n) is 5.63. The highest BCUT2D eigenvalue weighted by Crippen LogP contribution is 2.10. The van der Waals surface area contributed by atoms with Crippen molar-refractivity contribution in [3.63, 3.8) is 0 Å². The van der Waals surface area contributed by atoms with Crippen molar-refractivity contribution in [1.29, 1.82) is 0 Å². The van der Waals surface area contributed by atoms with E-state index in [1.165, 1.54) is 11.1 Å². The number of hydrogen-bond donors (Lipinski definition) is 2. The van der Waals surface area contributed by atoms with E-state index in [0.29, 0.717) is 13.1 Å². The Labute approximate surface area is 130 Å². The molecule has 2 rings (SSSR count). The molecule has 0 unspecified atom stereocenters. The van der Waals surface area contributed by atoms with Crippen LogP contribution >= 0.6 is 0 Å². The molecule has 1 aliphatic rings. The summed E-state index contributed by atoms with van der Waals surface area (Å²) in [6, 6.07) is 8.29. The summed E-state index contributed by atoms with van der Waals surface area (Å²) >= 11 is 0. The summed E-state index contributed by atoms with van der Waals surface area (Å²) in [6.45, 7) is 6.17. The highest BCUT2D eigenvalue weighted by Gasteiger charge is 2.20. The van der Waals surface area contributed by atoms with Crippen LogP contribution in [0.2, 0.25) is 0 Å². The number of carbonyl (C=O) groups excluding carboxylic acids is 1. The molecule has 1 aliphatic heterocycles. The van der Waals surface area contributed by atoms with Gasteiger partial charge in [-0.2, -0.15) is 0 Å². The quantitative estimate of drug-likeness (QED) is 0.860. The molecule has 1 saturated heterocycles. The summed E-state index contributed by atoms with van der Waals surface area (Å²) in [5.41, 5.74) is 2.55. The summed E-state index contributed by atoms with van der Waals surface area (Å²) in [5.74, 6) is -0.900. The van der Waals surface area contributed by atoms with Crippen LogP contribution in [0.1, 0.15) is 17.5 Å². The van der Waals surface area contributed by atoms with E-state index >= 15 is 0 Å². The summed E-state index contributed by atoms with van der Waals surface area (Å²) in [7, 11) is 0. The average Bonchev–Trinajstić information content (AvgIpc) is 2.47. The van der Waals surface area contributed by atoms with Crippen LogP contribution in [-0.2, 0) is 11.3 Å². The maximum Gasteiger partial charge on any atom is 0.317 e. The van der Waals surface area contributed by atoms with E-state index in [1.54, 1.807) is 4.90 Å². The topological polar surface area (TPSA) is 72.9 Å². The van der Waals surface area contributed by atoms with Crippen LogP contribution in [0.4, 0.5) is 4.79 Å².